The van der Waals surface area contributed by atoms with Gasteiger partial charge in [0.1, 0.15) is 5.78 Å². The highest BCUT2D eigenvalue weighted by Crippen LogP contribution is 2.20. The molecule has 0 saturated heterocycles. The molecule has 0 saturated carbocycles. The average molecular weight is 236 g/mol. The highest BCUT2D eigenvalue weighted by Gasteiger charge is 2.07. The smallest absolute Gasteiger partial charge is 0.189 e. The van der Waals surface area contributed by atoms with Crippen LogP contribution in [0.4, 0.5) is 0 Å². The Bertz CT molecular complexity index is 616. The van der Waals surface area contributed by atoms with Gasteiger partial charge in [0.2, 0.25) is 0 Å². The molecule has 1 heterocycles. The standard InChI is InChI=1S/C12H10ClNO2/c1-8(15)7-14-6-5-11(16)9-3-2-4-10(13)12(9)14/h2-6H,7H2,1H3. The molecule has 0 spiro atoms. The summed E-state index contributed by atoms with van der Waals surface area (Å²) >= 11 is 6.05. The Labute approximate surface area is 97.3 Å². The first-order chi connectivity index (χ1) is 7.59. The molecule has 2 rings (SSSR count). The zero-order valence-corrected chi connectivity index (χ0v) is 9.49. The number of Topliss-reactive ketones (excluding diaryl/α,β-unsaturated/α-hetero) is 1. The fraction of sp³-hybridized carbons (Fsp3) is 0.167. The fourth-order valence-electron chi connectivity index (χ4n) is 1.70. The average Bonchev–Trinajstić information content (AvgIpc) is 2.22. The number of carbonyl (C=O) groups is 1. The van der Waals surface area contributed by atoms with Gasteiger partial charge < -0.3 is 4.57 Å². The van der Waals surface area contributed by atoms with Gasteiger partial charge in [0.05, 0.1) is 17.1 Å². The van der Waals surface area contributed by atoms with E-state index >= 15 is 0 Å². The number of nitrogens with zero attached hydrogens (tertiary/aromatic N) is 1. The summed E-state index contributed by atoms with van der Waals surface area (Å²) in [4.78, 5) is 22.7. The van der Waals surface area contributed by atoms with Crippen LogP contribution in [0.5, 0.6) is 0 Å². The van der Waals surface area contributed by atoms with Crippen LogP contribution in [-0.4, -0.2) is 10.4 Å². The summed E-state index contributed by atoms with van der Waals surface area (Å²) in [5, 5.41) is 1.02. The van der Waals surface area contributed by atoms with Crippen molar-refractivity contribution in [1.29, 1.82) is 0 Å². The van der Waals surface area contributed by atoms with Crippen LogP contribution >= 0.6 is 11.6 Å². The van der Waals surface area contributed by atoms with Crippen LogP contribution in [0.3, 0.4) is 0 Å². The molecule has 0 amide bonds. The van der Waals surface area contributed by atoms with Crippen LogP contribution in [-0.2, 0) is 11.3 Å². The number of aromatic nitrogens is 1. The SMILES string of the molecule is CC(=O)Cn1ccc(=O)c2cccc(Cl)c21. The quantitative estimate of drug-likeness (QED) is 0.801. The molecule has 3 nitrogen and oxygen atoms in total. The predicted molar refractivity (Wildman–Crippen MR) is 63.9 cm³/mol. The molecule has 2 aromatic rings. The maximum atomic E-state index is 11.6. The molecule has 16 heavy (non-hydrogen) atoms. The topological polar surface area (TPSA) is 39.1 Å². The Morgan fingerprint density at radius 3 is 2.81 bits per heavy atom. The molecule has 0 aliphatic carbocycles. The van der Waals surface area contributed by atoms with Crippen molar-refractivity contribution < 1.29 is 4.79 Å². The van der Waals surface area contributed by atoms with Gasteiger partial charge in [0.15, 0.2) is 5.43 Å². The number of ketones is 1. The molecular weight excluding hydrogens is 226 g/mol. The van der Waals surface area contributed by atoms with Gasteiger partial charge in [-0.05, 0) is 19.1 Å². The third-order valence-electron chi connectivity index (χ3n) is 2.34. The van der Waals surface area contributed by atoms with Crippen molar-refractivity contribution in [2.45, 2.75) is 13.5 Å². The summed E-state index contributed by atoms with van der Waals surface area (Å²) in [6.07, 6.45) is 1.60. The van der Waals surface area contributed by atoms with E-state index in [2.05, 4.69) is 0 Å². The van der Waals surface area contributed by atoms with Crippen LogP contribution in [0.15, 0.2) is 35.3 Å². The Kier molecular flexibility index (Phi) is 2.79. The highest BCUT2D eigenvalue weighted by molar-refractivity contribution is 6.35. The number of pyridine rings is 1. The lowest BCUT2D eigenvalue weighted by Gasteiger charge is -2.09. The van der Waals surface area contributed by atoms with Gasteiger partial charge in [-0.15, -0.1) is 0 Å². The predicted octanol–water partition coefficient (Wildman–Crippen LogP) is 2.24. The van der Waals surface area contributed by atoms with Gasteiger partial charge in [0.25, 0.3) is 0 Å². The largest absolute Gasteiger partial charge is 0.339 e. The molecule has 0 bridgehead atoms. The molecule has 0 aliphatic heterocycles. The number of para-hydroxylation sites is 1. The van der Waals surface area contributed by atoms with Crippen LogP contribution in [0.25, 0.3) is 10.9 Å². The van der Waals surface area contributed by atoms with Crippen LogP contribution in [0.1, 0.15) is 6.92 Å². The number of fused-ring (bicyclic) bond motifs is 1. The Hall–Kier alpha value is -1.61. The van der Waals surface area contributed by atoms with Crippen LogP contribution in [0.2, 0.25) is 5.02 Å². The zero-order valence-electron chi connectivity index (χ0n) is 8.74. The van der Waals surface area contributed by atoms with Crippen molar-refractivity contribution in [1.82, 2.24) is 4.57 Å². The van der Waals surface area contributed by atoms with Gasteiger partial charge in [-0.25, -0.2) is 0 Å². The summed E-state index contributed by atoms with van der Waals surface area (Å²) in [7, 11) is 0. The first-order valence-corrected chi connectivity index (χ1v) is 5.24. The van der Waals surface area contributed by atoms with E-state index < -0.39 is 0 Å². The zero-order chi connectivity index (χ0) is 11.7. The number of hydrogen-bond acceptors (Lipinski definition) is 2. The van der Waals surface area contributed by atoms with Crippen molar-refractivity contribution in [3.63, 3.8) is 0 Å². The van der Waals surface area contributed by atoms with E-state index in [0.717, 1.165) is 0 Å². The summed E-state index contributed by atoms with van der Waals surface area (Å²) in [5.41, 5.74) is 0.532. The van der Waals surface area contributed by atoms with Crippen molar-refractivity contribution in [2.75, 3.05) is 0 Å². The first-order valence-electron chi connectivity index (χ1n) is 4.86. The summed E-state index contributed by atoms with van der Waals surface area (Å²) in [6, 6.07) is 6.59. The van der Waals surface area contributed by atoms with Crippen molar-refractivity contribution in [3.05, 3.63) is 45.7 Å². The van der Waals surface area contributed by atoms with Crippen molar-refractivity contribution in [2.24, 2.45) is 0 Å². The van der Waals surface area contributed by atoms with E-state index in [-0.39, 0.29) is 17.8 Å². The molecule has 1 aromatic carbocycles. The molecule has 1 aromatic heterocycles. The lowest BCUT2D eigenvalue weighted by molar-refractivity contribution is -0.117. The Morgan fingerprint density at radius 2 is 2.12 bits per heavy atom. The van der Waals surface area contributed by atoms with Gasteiger partial charge >= 0.3 is 0 Å². The second-order valence-corrected chi connectivity index (χ2v) is 4.05. The second kappa shape index (κ2) is 4.10. The van der Waals surface area contributed by atoms with E-state index in [9.17, 15) is 9.59 Å². The molecule has 0 radical (unpaired) electrons. The van der Waals surface area contributed by atoms with Crippen molar-refractivity contribution in [3.8, 4) is 0 Å². The number of carbonyl (C=O) groups excluding carboxylic acids is 1. The first kappa shape index (κ1) is 10.9. The van der Waals surface area contributed by atoms with Gasteiger partial charge in [0, 0.05) is 17.6 Å². The van der Waals surface area contributed by atoms with Gasteiger partial charge in [-0.2, -0.15) is 0 Å². The summed E-state index contributed by atoms with van der Waals surface area (Å²) in [5.74, 6) is 0.0184. The minimum Gasteiger partial charge on any atom is -0.339 e. The molecule has 0 N–H and O–H groups in total. The van der Waals surface area contributed by atoms with E-state index in [4.69, 9.17) is 11.6 Å². The van der Waals surface area contributed by atoms with E-state index in [1.165, 1.54) is 13.0 Å². The Balaban J connectivity index is 2.81. The fourth-order valence-corrected chi connectivity index (χ4v) is 1.98. The molecular formula is C12H10ClNO2. The molecule has 0 fully saturated rings. The van der Waals surface area contributed by atoms with Crippen LogP contribution < -0.4 is 5.43 Å². The third-order valence-corrected chi connectivity index (χ3v) is 2.64. The Morgan fingerprint density at radius 1 is 1.38 bits per heavy atom. The van der Waals surface area contributed by atoms with E-state index in [0.29, 0.717) is 15.9 Å². The second-order valence-electron chi connectivity index (χ2n) is 3.65. The summed E-state index contributed by atoms with van der Waals surface area (Å²) < 4.78 is 1.70. The third kappa shape index (κ3) is 1.86. The van der Waals surface area contributed by atoms with E-state index in [1.807, 2.05) is 0 Å². The normalized spacial score (nSPS) is 10.6. The maximum absolute atomic E-state index is 11.6. The molecule has 0 unspecified atom stereocenters. The van der Waals surface area contributed by atoms with Gasteiger partial charge in [-0.3, -0.25) is 9.59 Å². The number of rotatable bonds is 2. The van der Waals surface area contributed by atoms with E-state index in [1.54, 1.807) is 29.0 Å². The lowest BCUT2D eigenvalue weighted by atomic mass is 10.2. The minimum absolute atomic E-state index is 0.0184. The van der Waals surface area contributed by atoms with Crippen LogP contribution in [0, 0.1) is 0 Å². The maximum Gasteiger partial charge on any atom is 0.189 e. The van der Waals surface area contributed by atoms with Crippen molar-refractivity contribution >= 4 is 28.3 Å². The minimum atomic E-state index is -0.0858. The monoisotopic (exact) mass is 235 g/mol. The molecule has 0 atom stereocenters. The number of halogens is 1. The number of benzene rings is 1. The van der Waals surface area contributed by atoms with Gasteiger partial charge in [-0.1, -0.05) is 17.7 Å². The highest BCUT2D eigenvalue weighted by atomic mass is 35.5. The molecule has 0 aliphatic rings. The molecule has 4 heteroatoms. The molecule has 82 valence electrons. The summed E-state index contributed by atoms with van der Waals surface area (Å²) in [6.45, 7) is 1.72. The lowest BCUT2D eigenvalue weighted by Crippen LogP contribution is -2.12. The number of hydrogen-bond donors (Lipinski definition) is 0.